The zero-order valence-electron chi connectivity index (χ0n) is 71.1. The van der Waals surface area contributed by atoms with Crippen LogP contribution >= 0.6 is 0 Å². The molecule has 0 aromatic carbocycles. The first-order chi connectivity index (χ1) is 57.3. The van der Waals surface area contributed by atoms with Crippen LogP contribution in [0.4, 0.5) is 0 Å². The number of hydrogen-bond acceptors (Lipinski definition) is 32. The van der Waals surface area contributed by atoms with Crippen LogP contribution in [0.15, 0.2) is 12.2 Å². The van der Waals surface area contributed by atoms with Crippen molar-refractivity contribution in [3.8, 4) is 0 Å². The molecule has 6 aliphatic rings. The van der Waals surface area contributed by atoms with Gasteiger partial charge >= 0.3 is 0 Å². The van der Waals surface area contributed by atoms with E-state index in [4.69, 9.17) is 56.8 Å². The number of amides is 3. The molecule has 0 aromatic rings. The number of carbonyl (C=O) groups is 3. The van der Waals surface area contributed by atoms with Gasteiger partial charge in [0.1, 0.15) is 140 Å². The van der Waals surface area contributed by atoms with E-state index in [2.05, 4.69) is 29.8 Å². The van der Waals surface area contributed by atoms with E-state index in [1.807, 2.05) is 6.08 Å². The third kappa shape index (κ3) is 33.9. The molecule has 6 aliphatic heterocycles. The van der Waals surface area contributed by atoms with Gasteiger partial charge in [0.15, 0.2) is 37.7 Å². The third-order valence-corrected chi connectivity index (χ3v) is 23.7. The van der Waals surface area contributed by atoms with Gasteiger partial charge in [-0.1, -0.05) is 231 Å². The summed E-state index contributed by atoms with van der Waals surface area (Å²) in [5, 5.41) is 199. The average molecular weight is 1720 g/mol. The minimum absolute atomic E-state index is 0.169. The lowest BCUT2D eigenvalue weighted by Gasteiger charge is -2.52. The van der Waals surface area contributed by atoms with E-state index in [0.29, 0.717) is 12.8 Å². The first kappa shape index (κ1) is 105. The highest BCUT2D eigenvalue weighted by molar-refractivity contribution is 5.76. The summed E-state index contributed by atoms with van der Waals surface area (Å²) in [4.78, 5) is 39.4. The number of aliphatic hydroxyl groups excluding tert-OH is 17. The number of carbonyl (C=O) groups excluding carboxylic acids is 3. The second kappa shape index (κ2) is 57.6. The molecule has 35 nitrogen and oxygen atoms in total. The Morgan fingerprint density at radius 1 is 0.345 bits per heavy atom. The molecule has 6 saturated heterocycles. The minimum atomic E-state index is -2.26. The van der Waals surface area contributed by atoms with Crippen molar-refractivity contribution in [3.63, 3.8) is 0 Å². The molecule has 12 unspecified atom stereocenters. The fourth-order valence-electron chi connectivity index (χ4n) is 16.4. The maximum atomic E-state index is 13.7. The first-order valence-corrected chi connectivity index (χ1v) is 44.8. The monoisotopic (exact) mass is 1720 g/mol. The molecule has 3 amide bonds. The molecule has 32 atom stereocenters. The number of unbranched alkanes of at least 4 members (excludes halogenated alkanes) is 33. The van der Waals surface area contributed by atoms with Crippen LogP contribution in [0.2, 0.25) is 0 Å². The molecular formula is C84H153N3O32. The smallest absolute Gasteiger partial charge is 0.220 e. The largest absolute Gasteiger partial charge is 0.394 e. The van der Waals surface area contributed by atoms with Gasteiger partial charge < -0.3 is 160 Å². The molecule has 6 rings (SSSR count). The second-order valence-electron chi connectivity index (χ2n) is 33.5. The quantitative estimate of drug-likeness (QED) is 0.0304. The Bertz CT molecular complexity index is 2730. The number of aliphatic hydroxyl groups is 17. The Morgan fingerprint density at radius 3 is 1.13 bits per heavy atom. The summed E-state index contributed by atoms with van der Waals surface area (Å²) in [6, 6.07) is -4.62. The predicted molar refractivity (Wildman–Crippen MR) is 429 cm³/mol. The van der Waals surface area contributed by atoms with Gasteiger partial charge in [-0.25, -0.2) is 0 Å². The van der Waals surface area contributed by atoms with Gasteiger partial charge in [0.05, 0.1) is 57.9 Å². The van der Waals surface area contributed by atoms with Crippen LogP contribution in [-0.2, 0) is 71.2 Å². The molecule has 0 aliphatic carbocycles. The van der Waals surface area contributed by atoms with Crippen LogP contribution in [0.5, 0.6) is 0 Å². The van der Waals surface area contributed by atoms with Gasteiger partial charge in [0, 0.05) is 20.3 Å². The molecule has 6 heterocycles. The van der Waals surface area contributed by atoms with Crippen molar-refractivity contribution in [3.05, 3.63) is 12.2 Å². The Hall–Kier alpha value is -3.01. The molecule has 696 valence electrons. The Morgan fingerprint density at radius 2 is 0.689 bits per heavy atom. The number of allylic oxidation sites excluding steroid dienone is 1. The van der Waals surface area contributed by atoms with Crippen LogP contribution in [0, 0.1) is 0 Å². The summed E-state index contributed by atoms with van der Waals surface area (Å²) < 4.78 is 72.6. The highest BCUT2D eigenvalue weighted by Gasteiger charge is 2.59. The second-order valence-corrected chi connectivity index (χ2v) is 33.5. The maximum Gasteiger partial charge on any atom is 0.220 e. The normalized spacial score (nSPS) is 35.7. The summed E-state index contributed by atoms with van der Waals surface area (Å²) in [6.07, 6.45) is -9.51. The SMILES string of the molecule is CCCCCCCCCCCCC/C=C/[C@@H](O)[C@H](CO[C@@H]1OC(CO)[C@@H](O[C@@H]2OC(CO)[C@H](O)[C@H](O[C@@H]3OC(CO)[C@@H](O[C@@H]4OC(CO)[C@H](O)[C@H](O[C@@H]5OC(CO)[C@@H](O)[C@H](O)C5NC(C)=O)C4O)[C@H](O[C@H]4OC(C)[C@@H](O)C(O)[C@@H]4O)C3NC(C)=O)C2O)[C@H](O)C1O)NC(=O)CCCCCCCCCCCCCCCCCCCCCCCCC. The number of rotatable bonds is 59. The van der Waals surface area contributed by atoms with Crippen LogP contribution < -0.4 is 16.0 Å². The zero-order chi connectivity index (χ0) is 86.9. The zero-order valence-corrected chi connectivity index (χ0v) is 71.1. The van der Waals surface area contributed by atoms with Gasteiger partial charge in [-0.05, 0) is 26.2 Å². The van der Waals surface area contributed by atoms with Gasteiger partial charge in [-0.15, -0.1) is 0 Å². The highest BCUT2D eigenvalue weighted by Crippen LogP contribution is 2.39. The van der Waals surface area contributed by atoms with Crippen molar-refractivity contribution >= 4 is 17.7 Å². The van der Waals surface area contributed by atoms with Crippen LogP contribution in [0.3, 0.4) is 0 Å². The molecular weight excluding hydrogens is 1560 g/mol. The van der Waals surface area contributed by atoms with Crippen molar-refractivity contribution in [2.75, 3.05) is 39.6 Å². The van der Waals surface area contributed by atoms with E-state index in [-0.39, 0.29) is 12.3 Å². The molecule has 0 saturated carbocycles. The average Bonchev–Trinajstić information content (AvgIpc) is 0.746. The molecule has 0 bridgehead atoms. The Kier molecular flexibility index (Phi) is 50.8. The Balaban J connectivity index is 1.11. The van der Waals surface area contributed by atoms with Crippen molar-refractivity contribution in [1.29, 1.82) is 0 Å². The lowest BCUT2D eigenvalue weighted by Crippen LogP contribution is -2.71. The van der Waals surface area contributed by atoms with E-state index in [1.54, 1.807) is 6.08 Å². The summed E-state index contributed by atoms with van der Waals surface area (Å²) in [6.45, 7) is 2.31. The molecule has 0 spiro atoms. The number of ether oxygens (including phenoxy) is 12. The van der Waals surface area contributed by atoms with Gasteiger partial charge in [0.25, 0.3) is 0 Å². The van der Waals surface area contributed by atoms with Crippen molar-refractivity contribution in [2.24, 2.45) is 0 Å². The number of hydrogen-bond donors (Lipinski definition) is 20. The topological polar surface area (TPSA) is 542 Å². The first-order valence-electron chi connectivity index (χ1n) is 44.8. The summed E-state index contributed by atoms with van der Waals surface area (Å²) in [7, 11) is 0. The van der Waals surface area contributed by atoms with Crippen molar-refractivity contribution in [2.45, 2.75) is 462 Å². The molecule has 0 radical (unpaired) electrons. The van der Waals surface area contributed by atoms with Crippen molar-refractivity contribution < 1.29 is 158 Å². The minimum Gasteiger partial charge on any atom is -0.394 e. The third-order valence-electron chi connectivity index (χ3n) is 23.7. The van der Waals surface area contributed by atoms with E-state index in [1.165, 1.54) is 167 Å². The molecule has 35 heteroatoms. The van der Waals surface area contributed by atoms with Gasteiger partial charge in [0.2, 0.25) is 17.7 Å². The lowest BCUT2D eigenvalue weighted by molar-refractivity contribution is -0.395. The molecule has 119 heavy (non-hydrogen) atoms. The summed E-state index contributed by atoms with van der Waals surface area (Å²) in [5.74, 6) is -2.02. The predicted octanol–water partition coefficient (Wildman–Crippen LogP) is 1.72. The van der Waals surface area contributed by atoms with E-state index < -0.39 is 248 Å². The standard InChI is InChI=1S/C84H153N3O32/c1-6-8-10-12-14-16-18-20-21-22-23-24-25-26-27-28-29-31-33-35-37-39-41-43-60(96)87-53(54(95)42-40-38-36-34-32-30-19-17-15-13-11-9-7-2)49-108-81-71(105)69(103)74(58(47-91)114-81)115-83-72(106)78(66(100)56(45-89)111-83)119-80-62(86-52(5)94)76(117-82-70(104)68(102)63(97)50(3)109-82)75(59(48-92)113-80)116-84-73(107)77(65(99)57(46-90)112-84)118-79-61(85-51(4)93)67(101)64(98)55(44-88)110-79/h40,42,50,53-59,61-84,88-92,95,97-107H,6-39,41,43-49H2,1-5H3,(H,85,93)(H,86,94)(H,87,96)/b42-40+/t50?,53-,54+,55?,56?,57?,58?,59?,61?,62?,63+,64+,65-,66-,67+,68?,69+,70-,71?,72?,73?,74+,75+,76+,77-,78-,79-,80-,81+,82+,83-,84-/m0/s1. The Labute approximate surface area is 702 Å². The van der Waals surface area contributed by atoms with E-state index in [0.717, 1.165) is 65.2 Å². The fraction of sp³-hybridized carbons (Fsp3) is 0.940. The van der Waals surface area contributed by atoms with E-state index >= 15 is 0 Å². The van der Waals surface area contributed by atoms with Crippen LogP contribution in [0.1, 0.15) is 266 Å². The highest BCUT2D eigenvalue weighted by atomic mass is 16.8. The van der Waals surface area contributed by atoms with Gasteiger partial charge in [-0.2, -0.15) is 0 Å². The number of nitrogens with one attached hydrogen (secondary N) is 3. The van der Waals surface area contributed by atoms with Crippen molar-refractivity contribution in [1.82, 2.24) is 16.0 Å². The maximum absolute atomic E-state index is 13.7. The fourth-order valence-corrected chi connectivity index (χ4v) is 16.4. The summed E-state index contributed by atoms with van der Waals surface area (Å²) in [5.41, 5.74) is 0. The van der Waals surface area contributed by atoms with Gasteiger partial charge in [-0.3, -0.25) is 14.4 Å². The van der Waals surface area contributed by atoms with E-state index in [9.17, 15) is 101 Å². The molecule has 0 aromatic heterocycles. The molecule has 20 N–H and O–H groups in total. The summed E-state index contributed by atoms with van der Waals surface area (Å²) >= 11 is 0. The molecule has 6 fully saturated rings. The van der Waals surface area contributed by atoms with Crippen LogP contribution in [-0.4, -0.2) is 340 Å². The lowest BCUT2D eigenvalue weighted by atomic mass is 9.93. The van der Waals surface area contributed by atoms with Crippen LogP contribution in [0.25, 0.3) is 0 Å².